The molecule has 0 unspecified atom stereocenters. The van der Waals surface area contributed by atoms with Gasteiger partial charge in [0, 0.05) is 0 Å². The third-order valence-electron chi connectivity index (χ3n) is 3.64. The molecule has 0 aliphatic carbocycles. The molecule has 1 fully saturated rings. The number of aryl methyl sites for hydroxylation is 1. The summed E-state index contributed by atoms with van der Waals surface area (Å²) in [7, 11) is 0. The summed E-state index contributed by atoms with van der Waals surface area (Å²) in [5.41, 5.74) is 1.47. The highest BCUT2D eigenvalue weighted by molar-refractivity contribution is 6.39. The molecule has 1 aliphatic heterocycles. The highest BCUT2D eigenvalue weighted by Gasteiger charge is 2.36. The molecule has 1 saturated heterocycles. The van der Waals surface area contributed by atoms with Crippen LogP contribution in [0.4, 0.5) is 10.5 Å². The number of hydrogen-bond acceptors (Lipinski definition) is 4. The summed E-state index contributed by atoms with van der Waals surface area (Å²) in [4.78, 5) is 37.8. The first-order chi connectivity index (χ1) is 11.9. The standard InChI is InChI=1S/C18H13ClN2O4/c1-10-3-2-4-12(7-10)21-17(24)13(16(23)20-18(21)25)8-11-5-6-15(22)14(19)9-11/h2-9,22H,1H3,(H,20,23,25). The fourth-order valence-corrected chi connectivity index (χ4v) is 2.63. The number of rotatable bonds is 2. The maximum Gasteiger partial charge on any atom is 0.335 e. The van der Waals surface area contributed by atoms with Gasteiger partial charge in [0.1, 0.15) is 11.3 Å². The molecular weight excluding hydrogens is 344 g/mol. The Bertz CT molecular complexity index is 936. The first-order valence-corrected chi connectivity index (χ1v) is 7.71. The largest absolute Gasteiger partial charge is 0.506 e. The summed E-state index contributed by atoms with van der Waals surface area (Å²) >= 11 is 5.84. The number of anilines is 1. The minimum atomic E-state index is -0.804. The number of carbonyl (C=O) groups excluding carboxylic acids is 3. The molecule has 2 aromatic rings. The normalized spacial score (nSPS) is 16.3. The monoisotopic (exact) mass is 356 g/mol. The number of benzene rings is 2. The molecule has 1 aliphatic rings. The zero-order valence-corrected chi connectivity index (χ0v) is 13.9. The van der Waals surface area contributed by atoms with Crippen molar-refractivity contribution in [2.24, 2.45) is 0 Å². The summed E-state index contributed by atoms with van der Waals surface area (Å²) in [5, 5.41) is 11.7. The topological polar surface area (TPSA) is 86.7 Å². The summed E-state index contributed by atoms with van der Waals surface area (Å²) < 4.78 is 0. The van der Waals surface area contributed by atoms with Gasteiger partial charge in [0.15, 0.2) is 0 Å². The van der Waals surface area contributed by atoms with E-state index in [0.717, 1.165) is 10.5 Å². The van der Waals surface area contributed by atoms with Crippen LogP contribution in [0.2, 0.25) is 5.02 Å². The lowest BCUT2D eigenvalue weighted by Gasteiger charge is -2.26. The average Bonchev–Trinajstić information content (AvgIpc) is 2.54. The minimum absolute atomic E-state index is 0.0876. The summed E-state index contributed by atoms with van der Waals surface area (Å²) in [6.45, 7) is 1.83. The van der Waals surface area contributed by atoms with Gasteiger partial charge in [-0.15, -0.1) is 0 Å². The van der Waals surface area contributed by atoms with Crippen LogP contribution in [0.1, 0.15) is 11.1 Å². The molecule has 126 valence electrons. The Morgan fingerprint density at radius 1 is 1.12 bits per heavy atom. The fourth-order valence-electron chi connectivity index (χ4n) is 2.44. The number of halogens is 1. The first kappa shape index (κ1) is 16.7. The molecular formula is C18H13ClN2O4. The maximum atomic E-state index is 12.7. The van der Waals surface area contributed by atoms with Crippen molar-refractivity contribution in [1.29, 1.82) is 0 Å². The van der Waals surface area contributed by atoms with E-state index in [1.54, 1.807) is 18.2 Å². The molecule has 0 bridgehead atoms. The molecule has 7 heteroatoms. The van der Waals surface area contributed by atoms with Crippen LogP contribution < -0.4 is 10.2 Å². The van der Waals surface area contributed by atoms with Gasteiger partial charge in [0.05, 0.1) is 10.7 Å². The lowest BCUT2D eigenvalue weighted by atomic mass is 10.1. The summed E-state index contributed by atoms with van der Waals surface area (Å²) in [6, 6.07) is 10.3. The van der Waals surface area contributed by atoms with Crippen LogP contribution in [0.5, 0.6) is 5.75 Å². The van der Waals surface area contributed by atoms with Gasteiger partial charge in [0.2, 0.25) is 0 Å². The quantitative estimate of drug-likeness (QED) is 0.639. The third kappa shape index (κ3) is 3.25. The van der Waals surface area contributed by atoms with Crippen LogP contribution >= 0.6 is 11.6 Å². The number of amides is 4. The van der Waals surface area contributed by atoms with E-state index in [0.29, 0.717) is 11.3 Å². The molecule has 3 rings (SSSR count). The van der Waals surface area contributed by atoms with E-state index in [1.807, 2.05) is 13.0 Å². The number of imide groups is 2. The molecule has 0 aromatic heterocycles. The zero-order chi connectivity index (χ0) is 18.1. The molecule has 0 radical (unpaired) electrons. The number of urea groups is 1. The van der Waals surface area contributed by atoms with Gasteiger partial charge in [-0.25, -0.2) is 9.69 Å². The molecule has 0 atom stereocenters. The number of aromatic hydroxyl groups is 1. The van der Waals surface area contributed by atoms with Crippen molar-refractivity contribution in [3.63, 3.8) is 0 Å². The number of phenols is 1. The lowest BCUT2D eigenvalue weighted by Crippen LogP contribution is -2.54. The van der Waals surface area contributed by atoms with Crippen molar-refractivity contribution < 1.29 is 19.5 Å². The van der Waals surface area contributed by atoms with Crippen molar-refractivity contribution in [1.82, 2.24) is 5.32 Å². The Labute approximate surface area is 148 Å². The Hall–Kier alpha value is -3.12. The lowest BCUT2D eigenvalue weighted by molar-refractivity contribution is -0.122. The van der Waals surface area contributed by atoms with Gasteiger partial charge >= 0.3 is 6.03 Å². The van der Waals surface area contributed by atoms with Crippen molar-refractivity contribution in [3.8, 4) is 5.75 Å². The third-order valence-corrected chi connectivity index (χ3v) is 3.95. The second-order valence-corrected chi connectivity index (χ2v) is 5.91. The van der Waals surface area contributed by atoms with Crippen LogP contribution in [0.15, 0.2) is 48.0 Å². The van der Waals surface area contributed by atoms with Crippen molar-refractivity contribution in [3.05, 3.63) is 64.2 Å². The van der Waals surface area contributed by atoms with Gasteiger partial charge in [-0.05, 0) is 48.4 Å². The van der Waals surface area contributed by atoms with E-state index in [9.17, 15) is 19.5 Å². The van der Waals surface area contributed by atoms with E-state index < -0.39 is 17.8 Å². The molecule has 2 aromatic carbocycles. The van der Waals surface area contributed by atoms with Crippen LogP contribution in [-0.4, -0.2) is 23.0 Å². The Morgan fingerprint density at radius 3 is 2.56 bits per heavy atom. The van der Waals surface area contributed by atoms with E-state index in [1.165, 1.54) is 24.3 Å². The Kier molecular flexibility index (Phi) is 4.29. The second kappa shape index (κ2) is 6.41. The molecule has 0 spiro atoms. The van der Waals surface area contributed by atoms with Gasteiger partial charge in [0.25, 0.3) is 11.8 Å². The van der Waals surface area contributed by atoms with Crippen LogP contribution in [0.25, 0.3) is 6.08 Å². The number of nitrogens with zero attached hydrogens (tertiary/aromatic N) is 1. The molecule has 25 heavy (non-hydrogen) atoms. The molecule has 4 amide bonds. The number of hydrogen-bond donors (Lipinski definition) is 2. The zero-order valence-electron chi connectivity index (χ0n) is 13.1. The first-order valence-electron chi connectivity index (χ1n) is 7.33. The van der Waals surface area contributed by atoms with E-state index in [-0.39, 0.29) is 16.3 Å². The number of carbonyl (C=O) groups is 3. The average molecular weight is 357 g/mol. The van der Waals surface area contributed by atoms with Crippen LogP contribution in [0, 0.1) is 6.92 Å². The number of barbiturate groups is 1. The number of phenolic OH excluding ortho intramolecular Hbond substituents is 1. The van der Waals surface area contributed by atoms with Gasteiger partial charge in [-0.1, -0.05) is 29.8 Å². The maximum absolute atomic E-state index is 12.7. The van der Waals surface area contributed by atoms with Crippen molar-refractivity contribution in [2.75, 3.05) is 4.90 Å². The SMILES string of the molecule is Cc1cccc(N2C(=O)NC(=O)C(=Cc3ccc(O)c(Cl)c3)C2=O)c1. The second-order valence-electron chi connectivity index (χ2n) is 5.51. The van der Waals surface area contributed by atoms with Gasteiger partial charge < -0.3 is 5.11 Å². The Morgan fingerprint density at radius 2 is 1.88 bits per heavy atom. The highest BCUT2D eigenvalue weighted by Crippen LogP contribution is 2.26. The minimum Gasteiger partial charge on any atom is -0.506 e. The van der Waals surface area contributed by atoms with Gasteiger partial charge in [-0.2, -0.15) is 0 Å². The fraction of sp³-hybridized carbons (Fsp3) is 0.0556. The predicted molar refractivity (Wildman–Crippen MR) is 93.3 cm³/mol. The van der Waals surface area contributed by atoms with Crippen LogP contribution in [-0.2, 0) is 9.59 Å². The van der Waals surface area contributed by atoms with E-state index in [2.05, 4.69) is 5.32 Å². The van der Waals surface area contributed by atoms with Crippen LogP contribution in [0.3, 0.4) is 0 Å². The molecule has 1 heterocycles. The summed E-state index contributed by atoms with van der Waals surface area (Å²) in [6.07, 6.45) is 1.32. The highest BCUT2D eigenvalue weighted by atomic mass is 35.5. The predicted octanol–water partition coefficient (Wildman–Crippen LogP) is 3.02. The summed E-state index contributed by atoms with van der Waals surface area (Å²) in [5.74, 6) is -1.63. The Balaban J connectivity index is 2.03. The van der Waals surface area contributed by atoms with E-state index in [4.69, 9.17) is 11.6 Å². The van der Waals surface area contributed by atoms with Crippen molar-refractivity contribution >= 4 is 41.2 Å². The molecule has 0 saturated carbocycles. The van der Waals surface area contributed by atoms with E-state index >= 15 is 0 Å². The van der Waals surface area contributed by atoms with Gasteiger partial charge in [-0.3, -0.25) is 14.9 Å². The molecule has 6 nitrogen and oxygen atoms in total. The van der Waals surface area contributed by atoms with Crippen molar-refractivity contribution in [2.45, 2.75) is 6.92 Å². The molecule has 2 N–H and O–H groups in total. The number of nitrogens with one attached hydrogen (secondary N) is 1. The smallest absolute Gasteiger partial charge is 0.335 e.